The Morgan fingerprint density at radius 1 is 1.36 bits per heavy atom. The van der Waals surface area contributed by atoms with Gasteiger partial charge >= 0.3 is 58.2 Å². The average Bonchev–Trinajstić information content (AvgIpc) is 2.03. The molecule has 1 saturated heterocycles. The van der Waals surface area contributed by atoms with E-state index < -0.39 is 0 Å². The molecule has 0 spiro atoms. The van der Waals surface area contributed by atoms with Crippen molar-refractivity contribution in [1.29, 1.82) is 0 Å². The van der Waals surface area contributed by atoms with E-state index in [1.807, 2.05) is 0 Å². The summed E-state index contributed by atoms with van der Waals surface area (Å²) in [7, 11) is 2.29. The van der Waals surface area contributed by atoms with E-state index in [0.29, 0.717) is 0 Å². The van der Waals surface area contributed by atoms with Gasteiger partial charge in [0.1, 0.15) is 0 Å². The second-order valence-corrected chi connectivity index (χ2v) is 2.62. The summed E-state index contributed by atoms with van der Waals surface area (Å²) in [5.41, 5.74) is 0. The molecule has 0 bridgehead atoms. The van der Waals surface area contributed by atoms with Gasteiger partial charge in [-0.15, -0.1) is 0 Å². The van der Waals surface area contributed by atoms with Crippen molar-refractivity contribution < 1.29 is 62.9 Å². The molecule has 1 aliphatic rings. The van der Waals surface area contributed by atoms with Crippen molar-refractivity contribution in [2.75, 3.05) is 26.3 Å². The summed E-state index contributed by atoms with van der Waals surface area (Å²) in [4.78, 5) is 2.35. The normalized spacial score (nSPS) is 19.4. The molecule has 0 atom stereocenters. The van der Waals surface area contributed by atoms with Crippen LogP contribution in [-0.4, -0.2) is 38.5 Å². The summed E-state index contributed by atoms with van der Waals surface area (Å²) >= 11 is 0. The van der Waals surface area contributed by atoms with Crippen LogP contribution in [-0.2, 0) is 4.74 Å². The van der Waals surface area contributed by atoms with E-state index in [1.54, 1.807) is 0 Å². The van der Waals surface area contributed by atoms with E-state index in [1.165, 1.54) is 12.7 Å². The van der Waals surface area contributed by atoms with E-state index in [-0.39, 0.29) is 58.2 Å². The van der Waals surface area contributed by atoms with Gasteiger partial charge in [-0.25, -0.2) is 13.7 Å². The van der Waals surface area contributed by atoms with Crippen molar-refractivity contribution in [3.05, 3.63) is 0 Å². The fraction of sp³-hybridized carbons (Fsp3) is 1.00. The average molecular weight is 225 g/mol. The van der Waals surface area contributed by atoms with E-state index in [0.717, 1.165) is 26.3 Å². The first-order valence-electron chi connectivity index (χ1n) is 4.08. The van der Waals surface area contributed by atoms with Crippen molar-refractivity contribution in [2.45, 2.75) is 19.7 Å². The maximum Gasteiger partial charge on any atom is 1.00 e. The Morgan fingerprint density at radius 3 is 2.55 bits per heavy atom. The van der Waals surface area contributed by atoms with Gasteiger partial charge in [0.2, 0.25) is 0 Å². The summed E-state index contributed by atoms with van der Waals surface area (Å²) in [5, 5.41) is 0. The third kappa shape index (κ3) is 5.94. The molecular formula is C7H15BNORb. The van der Waals surface area contributed by atoms with E-state index in [2.05, 4.69) is 19.1 Å². The molecule has 0 N–H and O–H groups in total. The Labute approximate surface area is 119 Å². The molecule has 0 aromatic heterocycles. The molecule has 0 unspecified atom stereocenters. The molecule has 4 heteroatoms. The van der Waals surface area contributed by atoms with Crippen molar-refractivity contribution in [2.24, 2.45) is 0 Å². The summed E-state index contributed by atoms with van der Waals surface area (Å²) in [6, 6.07) is 0. The van der Waals surface area contributed by atoms with Gasteiger partial charge in [-0.1, -0.05) is 13.3 Å². The molecule has 0 aliphatic carbocycles. The van der Waals surface area contributed by atoms with Crippen LogP contribution < -0.4 is 58.2 Å². The standard InChI is InChI=1S/C7H15BNO.Rb/c1-2-3-8-9-4-6-10-7-5-9;/h2-7H2,1H3;/q-1;+1. The van der Waals surface area contributed by atoms with Crippen LogP contribution in [0, 0.1) is 0 Å². The Kier molecular flexibility index (Phi) is 9.76. The maximum absolute atomic E-state index is 5.22. The monoisotopic (exact) mass is 225 g/mol. The largest absolute Gasteiger partial charge is 1.00 e. The van der Waals surface area contributed by atoms with Crippen LogP contribution in [0.2, 0.25) is 6.32 Å². The molecule has 1 fully saturated rings. The van der Waals surface area contributed by atoms with Crippen molar-refractivity contribution in [3.63, 3.8) is 0 Å². The van der Waals surface area contributed by atoms with Gasteiger partial charge in [0.25, 0.3) is 0 Å². The second-order valence-electron chi connectivity index (χ2n) is 2.62. The van der Waals surface area contributed by atoms with Crippen molar-refractivity contribution in [3.8, 4) is 0 Å². The van der Waals surface area contributed by atoms with Gasteiger partial charge < -0.3 is 9.55 Å². The molecule has 2 nitrogen and oxygen atoms in total. The van der Waals surface area contributed by atoms with E-state index >= 15 is 0 Å². The molecule has 0 amide bonds. The molecule has 11 heavy (non-hydrogen) atoms. The van der Waals surface area contributed by atoms with Crippen LogP contribution >= 0.6 is 0 Å². The first kappa shape index (κ1) is 12.8. The second kappa shape index (κ2) is 8.39. The number of rotatable bonds is 3. The first-order valence-corrected chi connectivity index (χ1v) is 4.08. The fourth-order valence-corrected chi connectivity index (χ4v) is 1.07. The minimum atomic E-state index is 0. The number of hydrogen-bond acceptors (Lipinski definition) is 2. The zero-order valence-electron chi connectivity index (χ0n) is 7.68. The molecule has 0 aromatic carbocycles. The van der Waals surface area contributed by atoms with Gasteiger partial charge in [-0.3, -0.25) is 0 Å². The van der Waals surface area contributed by atoms with Crippen LogP contribution in [0.4, 0.5) is 0 Å². The first-order chi connectivity index (χ1) is 4.93. The SMILES string of the molecule is CCC[B-]N1CCOCC1.[Rb+]. The molecule has 58 valence electrons. The third-order valence-corrected chi connectivity index (χ3v) is 1.72. The van der Waals surface area contributed by atoms with Crippen LogP contribution in [0.3, 0.4) is 0 Å². The number of nitrogens with zero attached hydrogens (tertiary/aromatic N) is 1. The summed E-state index contributed by atoms with van der Waals surface area (Å²) in [6.45, 7) is 6.18. The zero-order chi connectivity index (χ0) is 7.23. The molecule has 2 radical (unpaired) electrons. The van der Waals surface area contributed by atoms with Crippen molar-refractivity contribution in [1.82, 2.24) is 4.81 Å². The van der Waals surface area contributed by atoms with Crippen LogP contribution in [0.25, 0.3) is 0 Å². The Morgan fingerprint density at radius 2 is 2.00 bits per heavy atom. The summed E-state index contributed by atoms with van der Waals surface area (Å²) < 4.78 is 5.22. The zero-order valence-corrected chi connectivity index (χ0v) is 12.6. The quantitative estimate of drug-likeness (QED) is 0.504. The summed E-state index contributed by atoms with van der Waals surface area (Å²) in [6.07, 6.45) is 2.46. The molecular weight excluding hydrogens is 210 g/mol. The van der Waals surface area contributed by atoms with E-state index in [4.69, 9.17) is 4.74 Å². The van der Waals surface area contributed by atoms with Gasteiger partial charge in [0.05, 0.1) is 13.2 Å². The van der Waals surface area contributed by atoms with Gasteiger partial charge in [0, 0.05) is 0 Å². The smallest absolute Gasteiger partial charge is 0.539 e. The molecule has 1 heterocycles. The van der Waals surface area contributed by atoms with Crippen LogP contribution in [0.5, 0.6) is 0 Å². The van der Waals surface area contributed by atoms with E-state index in [9.17, 15) is 0 Å². The summed E-state index contributed by atoms with van der Waals surface area (Å²) in [5.74, 6) is 0. The molecule has 0 aromatic rings. The van der Waals surface area contributed by atoms with Gasteiger partial charge in [0.15, 0.2) is 0 Å². The third-order valence-electron chi connectivity index (χ3n) is 1.72. The Balaban J connectivity index is 0.000001000. The number of hydrogen-bond donors (Lipinski definition) is 0. The Hall–Kier alpha value is 1.79. The number of morpholine rings is 1. The molecule has 0 saturated carbocycles. The predicted octanol–water partition coefficient (Wildman–Crippen LogP) is -2.23. The molecule has 1 aliphatic heterocycles. The van der Waals surface area contributed by atoms with Crippen molar-refractivity contribution >= 4 is 7.41 Å². The minimum Gasteiger partial charge on any atom is -0.539 e. The fourth-order valence-electron chi connectivity index (χ4n) is 1.07. The Bertz CT molecular complexity index is 88.5. The van der Waals surface area contributed by atoms with Crippen LogP contribution in [0.1, 0.15) is 13.3 Å². The van der Waals surface area contributed by atoms with Crippen LogP contribution in [0.15, 0.2) is 0 Å². The predicted molar refractivity (Wildman–Crippen MR) is 43.2 cm³/mol. The topological polar surface area (TPSA) is 12.5 Å². The van der Waals surface area contributed by atoms with Gasteiger partial charge in [-0.05, 0) is 13.1 Å². The maximum atomic E-state index is 5.22. The number of ether oxygens (including phenoxy) is 1. The molecule has 1 rings (SSSR count). The van der Waals surface area contributed by atoms with Gasteiger partial charge in [-0.2, -0.15) is 0 Å². The minimum absolute atomic E-state index is 0.